The number of pyridine rings is 1. The van der Waals surface area contributed by atoms with Crippen molar-refractivity contribution in [2.24, 2.45) is 0 Å². The minimum Gasteiger partial charge on any atom is -0.486 e. The SMILES string of the molecule is CCCCCCOc1ncccc1OCCOC1CCCCO1. The zero-order valence-electron chi connectivity index (χ0n) is 14.2. The van der Waals surface area contributed by atoms with Gasteiger partial charge in [0.15, 0.2) is 12.0 Å². The molecule has 1 aliphatic heterocycles. The predicted octanol–water partition coefficient (Wildman–Crippen LogP) is 3.96. The van der Waals surface area contributed by atoms with Gasteiger partial charge in [0.2, 0.25) is 0 Å². The highest BCUT2D eigenvalue weighted by atomic mass is 16.7. The van der Waals surface area contributed by atoms with Crippen LogP contribution in [0.5, 0.6) is 11.6 Å². The van der Waals surface area contributed by atoms with Crippen molar-refractivity contribution in [3.63, 3.8) is 0 Å². The van der Waals surface area contributed by atoms with E-state index in [2.05, 4.69) is 11.9 Å². The topological polar surface area (TPSA) is 49.8 Å². The van der Waals surface area contributed by atoms with E-state index in [1.165, 1.54) is 25.7 Å². The first kappa shape index (κ1) is 18.0. The van der Waals surface area contributed by atoms with Crippen molar-refractivity contribution in [3.05, 3.63) is 18.3 Å². The van der Waals surface area contributed by atoms with Crippen molar-refractivity contribution >= 4 is 0 Å². The average molecular weight is 323 g/mol. The maximum Gasteiger partial charge on any atom is 0.256 e. The van der Waals surface area contributed by atoms with Gasteiger partial charge >= 0.3 is 0 Å². The predicted molar refractivity (Wildman–Crippen MR) is 88.9 cm³/mol. The van der Waals surface area contributed by atoms with Gasteiger partial charge in [-0.15, -0.1) is 0 Å². The normalized spacial score (nSPS) is 17.9. The molecule has 1 unspecified atom stereocenters. The van der Waals surface area contributed by atoms with Crippen LogP contribution in [0.25, 0.3) is 0 Å². The molecule has 0 bridgehead atoms. The number of nitrogens with zero attached hydrogens (tertiary/aromatic N) is 1. The Morgan fingerprint density at radius 1 is 1.13 bits per heavy atom. The van der Waals surface area contributed by atoms with Crippen molar-refractivity contribution in [1.82, 2.24) is 4.98 Å². The maximum absolute atomic E-state index is 5.74. The lowest BCUT2D eigenvalue weighted by atomic mass is 10.2. The fraction of sp³-hybridized carbons (Fsp3) is 0.722. The van der Waals surface area contributed by atoms with Crippen LogP contribution in [0.1, 0.15) is 51.9 Å². The molecule has 5 nitrogen and oxygen atoms in total. The second-order valence-corrected chi connectivity index (χ2v) is 5.73. The lowest BCUT2D eigenvalue weighted by Crippen LogP contribution is -2.24. The van der Waals surface area contributed by atoms with Crippen LogP contribution in [0.4, 0.5) is 0 Å². The van der Waals surface area contributed by atoms with Crippen LogP contribution in [0.15, 0.2) is 18.3 Å². The highest BCUT2D eigenvalue weighted by molar-refractivity contribution is 5.32. The molecule has 2 heterocycles. The molecular formula is C18H29NO4. The van der Waals surface area contributed by atoms with Gasteiger partial charge < -0.3 is 18.9 Å². The molecule has 0 saturated carbocycles. The molecule has 0 aromatic carbocycles. The number of hydrogen-bond donors (Lipinski definition) is 0. The van der Waals surface area contributed by atoms with Crippen molar-refractivity contribution in [1.29, 1.82) is 0 Å². The van der Waals surface area contributed by atoms with Crippen LogP contribution >= 0.6 is 0 Å². The highest BCUT2D eigenvalue weighted by Crippen LogP contribution is 2.23. The summed E-state index contributed by atoms with van der Waals surface area (Å²) in [7, 11) is 0. The molecule has 1 saturated heterocycles. The van der Waals surface area contributed by atoms with Gasteiger partial charge in [-0.05, 0) is 37.8 Å². The molecule has 1 fully saturated rings. The fourth-order valence-electron chi connectivity index (χ4n) is 2.47. The Hall–Kier alpha value is -1.33. The van der Waals surface area contributed by atoms with Crippen LogP contribution in [0.2, 0.25) is 0 Å². The Morgan fingerprint density at radius 2 is 2.09 bits per heavy atom. The van der Waals surface area contributed by atoms with E-state index in [-0.39, 0.29) is 6.29 Å². The Kier molecular flexibility index (Phi) is 8.81. The average Bonchev–Trinajstić information content (AvgIpc) is 2.60. The summed E-state index contributed by atoms with van der Waals surface area (Å²) in [6.45, 7) is 4.66. The smallest absolute Gasteiger partial charge is 0.256 e. The third-order valence-electron chi connectivity index (χ3n) is 3.76. The van der Waals surface area contributed by atoms with Crippen LogP contribution in [0.3, 0.4) is 0 Å². The zero-order valence-corrected chi connectivity index (χ0v) is 14.2. The minimum atomic E-state index is -0.0736. The Morgan fingerprint density at radius 3 is 2.91 bits per heavy atom. The van der Waals surface area contributed by atoms with E-state index in [9.17, 15) is 0 Å². The summed E-state index contributed by atoms with van der Waals surface area (Å²) >= 11 is 0. The van der Waals surface area contributed by atoms with Crippen LogP contribution in [-0.4, -0.2) is 37.7 Å². The highest BCUT2D eigenvalue weighted by Gasteiger charge is 2.14. The van der Waals surface area contributed by atoms with Gasteiger partial charge in [0.05, 0.1) is 13.2 Å². The number of ether oxygens (including phenoxy) is 4. The summed E-state index contributed by atoms with van der Waals surface area (Å²) in [5, 5.41) is 0. The number of hydrogen-bond acceptors (Lipinski definition) is 5. The third-order valence-corrected chi connectivity index (χ3v) is 3.76. The first-order chi connectivity index (χ1) is 11.4. The quantitative estimate of drug-likeness (QED) is 0.577. The van der Waals surface area contributed by atoms with Crippen molar-refractivity contribution < 1.29 is 18.9 Å². The molecule has 0 N–H and O–H groups in total. The molecule has 130 valence electrons. The van der Waals surface area contributed by atoms with E-state index >= 15 is 0 Å². The summed E-state index contributed by atoms with van der Waals surface area (Å²) in [5.41, 5.74) is 0. The summed E-state index contributed by atoms with van der Waals surface area (Å²) in [6, 6.07) is 3.73. The first-order valence-electron chi connectivity index (χ1n) is 8.84. The Labute approximate surface area is 139 Å². The van der Waals surface area contributed by atoms with Crippen LogP contribution in [0, 0.1) is 0 Å². The fourth-order valence-corrected chi connectivity index (χ4v) is 2.47. The number of aromatic nitrogens is 1. The lowest BCUT2D eigenvalue weighted by molar-refractivity contribution is -0.165. The molecule has 0 spiro atoms. The maximum atomic E-state index is 5.74. The lowest BCUT2D eigenvalue weighted by Gasteiger charge is -2.22. The van der Waals surface area contributed by atoms with Crippen molar-refractivity contribution in [3.8, 4) is 11.6 Å². The van der Waals surface area contributed by atoms with Gasteiger partial charge in [0, 0.05) is 12.8 Å². The Bertz CT molecular complexity index is 421. The monoisotopic (exact) mass is 323 g/mol. The van der Waals surface area contributed by atoms with Gasteiger partial charge in [-0.3, -0.25) is 0 Å². The molecule has 1 aromatic rings. The van der Waals surface area contributed by atoms with E-state index in [0.29, 0.717) is 31.5 Å². The van der Waals surface area contributed by atoms with Gasteiger partial charge in [-0.25, -0.2) is 4.98 Å². The van der Waals surface area contributed by atoms with E-state index in [1.54, 1.807) is 6.20 Å². The van der Waals surface area contributed by atoms with Crippen molar-refractivity contribution in [2.45, 2.75) is 58.2 Å². The minimum absolute atomic E-state index is 0.0736. The molecule has 5 heteroatoms. The second-order valence-electron chi connectivity index (χ2n) is 5.73. The van der Waals surface area contributed by atoms with Gasteiger partial charge in [0.1, 0.15) is 6.61 Å². The van der Waals surface area contributed by atoms with Gasteiger partial charge in [-0.1, -0.05) is 26.2 Å². The van der Waals surface area contributed by atoms with E-state index < -0.39 is 0 Å². The molecule has 0 amide bonds. The van der Waals surface area contributed by atoms with Crippen molar-refractivity contribution in [2.75, 3.05) is 26.4 Å². The number of unbranched alkanes of at least 4 members (excludes halogenated alkanes) is 3. The summed E-state index contributed by atoms with van der Waals surface area (Å²) in [5.74, 6) is 1.24. The standard InChI is InChI=1S/C18H29NO4/c1-2-3-4-6-13-23-18-16(9-8-11-19-18)20-14-15-22-17-10-5-7-12-21-17/h8-9,11,17H,2-7,10,12-15H2,1H3. The van der Waals surface area contributed by atoms with E-state index in [4.69, 9.17) is 18.9 Å². The summed E-state index contributed by atoms with van der Waals surface area (Å²) < 4.78 is 22.7. The van der Waals surface area contributed by atoms with E-state index in [1.807, 2.05) is 12.1 Å². The molecular weight excluding hydrogens is 294 g/mol. The summed E-state index contributed by atoms with van der Waals surface area (Å²) in [6.07, 6.45) is 9.63. The Balaban J connectivity index is 1.65. The number of rotatable bonds is 11. The molecule has 23 heavy (non-hydrogen) atoms. The third kappa shape index (κ3) is 7.18. The second kappa shape index (κ2) is 11.2. The van der Waals surface area contributed by atoms with E-state index in [0.717, 1.165) is 25.9 Å². The first-order valence-corrected chi connectivity index (χ1v) is 8.84. The van der Waals surface area contributed by atoms with Gasteiger partial charge in [-0.2, -0.15) is 0 Å². The molecule has 0 radical (unpaired) electrons. The largest absolute Gasteiger partial charge is 0.486 e. The molecule has 0 aliphatic carbocycles. The van der Waals surface area contributed by atoms with Gasteiger partial charge in [0.25, 0.3) is 5.88 Å². The zero-order chi connectivity index (χ0) is 16.2. The van der Waals surface area contributed by atoms with Crippen LogP contribution in [-0.2, 0) is 9.47 Å². The summed E-state index contributed by atoms with van der Waals surface area (Å²) in [4.78, 5) is 4.25. The molecule has 1 atom stereocenters. The molecule has 1 aromatic heterocycles. The molecule has 2 rings (SSSR count). The molecule has 1 aliphatic rings. The van der Waals surface area contributed by atoms with Crippen LogP contribution < -0.4 is 9.47 Å².